The summed E-state index contributed by atoms with van der Waals surface area (Å²) < 4.78 is 34.3. The van der Waals surface area contributed by atoms with Gasteiger partial charge in [0.15, 0.2) is 0 Å². The molecule has 0 spiro atoms. The Bertz CT molecular complexity index is 1430. The van der Waals surface area contributed by atoms with Crippen molar-refractivity contribution in [3.05, 3.63) is 89.4 Å². The van der Waals surface area contributed by atoms with Crippen LogP contribution in [0.5, 0.6) is 5.75 Å². The molecule has 41 heavy (non-hydrogen) atoms. The van der Waals surface area contributed by atoms with Crippen molar-refractivity contribution in [2.24, 2.45) is 0 Å². The number of nitrogens with zero attached hydrogens (tertiary/aromatic N) is 2. The maximum atomic E-state index is 14.0. The van der Waals surface area contributed by atoms with Crippen LogP contribution in [-0.4, -0.2) is 50.4 Å². The number of carbonyl (C=O) groups is 2. The lowest BCUT2D eigenvalue weighted by molar-refractivity contribution is -0.139. The normalized spacial score (nSPS) is 14.3. The standard InChI is InChI=1S/C31H36ClN3O5S/c1-3-40-27-19-17-26(18-20-27)35(41(38,39)28-14-5-4-6-15-28)22-30(36)34(21-24-11-7-10-16-29(24)32)23(2)31(37)33-25-12-8-9-13-25/h4-7,10-11,14-20,23,25H,3,8-9,12-13,21-22H2,1-2H3,(H,33,37)/t23-/m0/s1. The van der Waals surface area contributed by atoms with E-state index in [1.54, 1.807) is 73.7 Å². The predicted molar refractivity (Wildman–Crippen MR) is 160 cm³/mol. The SMILES string of the molecule is CCOc1ccc(N(CC(=O)N(Cc2ccccc2Cl)[C@@H](C)C(=O)NC2CCCC2)S(=O)(=O)c2ccccc2)cc1. The highest BCUT2D eigenvalue weighted by Crippen LogP contribution is 2.27. The molecule has 8 nitrogen and oxygen atoms in total. The number of halogens is 1. The van der Waals surface area contributed by atoms with Crippen molar-refractivity contribution < 1.29 is 22.7 Å². The summed E-state index contributed by atoms with van der Waals surface area (Å²) in [6.07, 6.45) is 3.90. The van der Waals surface area contributed by atoms with E-state index in [1.807, 2.05) is 6.92 Å². The van der Waals surface area contributed by atoms with E-state index in [2.05, 4.69) is 5.32 Å². The van der Waals surface area contributed by atoms with Gasteiger partial charge in [-0.25, -0.2) is 8.42 Å². The molecule has 3 aromatic carbocycles. The maximum Gasteiger partial charge on any atom is 0.264 e. The number of ether oxygens (including phenoxy) is 1. The second-order valence-corrected chi connectivity index (χ2v) is 12.3. The molecular formula is C31H36ClN3O5S. The number of sulfonamides is 1. The smallest absolute Gasteiger partial charge is 0.264 e. The first-order valence-electron chi connectivity index (χ1n) is 13.8. The monoisotopic (exact) mass is 597 g/mol. The van der Waals surface area contributed by atoms with Crippen LogP contribution >= 0.6 is 11.6 Å². The Balaban J connectivity index is 1.68. The van der Waals surface area contributed by atoms with E-state index < -0.39 is 28.5 Å². The molecule has 0 aromatic heterocycles. The van der Waals surface area contributed by atoms with Crippen LogP contribution in [0.3, 0.4) is 0 Å². The molecule has 1 saturated carbocycles. The summed E-state index contributed by atoms with van der Waals surface area (Å²) in [7, 11) is -4.14. The fraction of sp³-hybridized carbons (Fsp3) is 0.355. The molecule has 0 unspecified atom stereocenters. The van der Waals surface area contributed by atoms with Gasteiger partial charge in [0.1, 0.15) is 18.3 Å². The van der Waals surface area contributed by atoms with Crippen LogP contribution in [0.1, 0.15) is 45.1 Å². The first-order chi connectivity index (χ1) is 19.7. The Morgan fingerprint density at radius 1 is 0.976 bits per heavy atom. The average molecular weight is 598 g/mol. The maximum absolute atomic E-state index is 14.0. The van der Waals surface area contributed by atoms with Crippen molar-refractivity contribution in [3.63, 3.8) is 0 Å². The van der Waals surface area contributed by atoms with Crippen molar-refractivity contribution in [2.45, 2.75) is 63.1 Å². The van der Waals surface area contributed by atoms with Gasteiger partial charge in [-0.05, 0) is 74.7 Å². The molecule has 2 amide bonds. The molecule has 1 N–H and O–H groups in total. The molecular weight excluding hydrogens is 562 g/mol. The molecule has 4 rings (SSSR count). The Morgan fingerprint density at radius 3 is 2.24 bits per heavy atom. The second-order valence-electron chi connectivity index (χ2n) is 10.0. The van der Waals surface area contributed by atoms with Gasteiger partial charge in [0.05, 0.1) is 17.2 Å². The van der Waals surface area contributed by atoms with Gasteiger partial charge in [-0.15, -0.1) is 0 Å². The molecule has 1 aliphatic carbocycles. The topological polar surface area (TPSA) is 96.0 Å². The fourth-order valence-electron chi connectivity index (χ4n) is 4.91. The summed E-state index contributed by atoms with van der Waals surface area (Å²) in [5, 5.41) is 3.51. The minimum absolute atomic E-state index is 0.0419. The number of amides is 2. The molecule has 0 heterocycles. The van der Waals surface area contributed by atoms with Gasteiger partial charge in [-0.3, -0.25) is 13.9 Å². The number of hydrogen-bond donors (Lipinski definition) is 1. The molecule has 0 aliphatic heterocycles. The van der Waals surface area contributed by atoms with Gasteiger partial charge in [-0.2, -0.15) is 0 Å². The highest BCUT2D eigenvalue weighted by molar-refractivity contribution is 7.92. The highest BCUT2D eigenvalue weighted by Gasteiger charge is 2.33. The number of rotatable bonds is 12. The Morgan fingerprint density at radius 2 is 1.61 bits per heavy atom. The number of carbonyl (C=O) groups excluding carboxylic acids is 2. The third kappa shape index (κ3) is 7.59. The summed E-state index contributed by atoms with van der Waals surface area (Å²) in [5.41, 5.74) is 0.952. The van der Waals surface area contributed by atoms with Crippen molar-refractivity contribution in [1.82, 2.24) is 10.2 Å². The van der Waals surface area contributed by atoms with Crippen LogP contribution < -0.4 is 14.4 Å². The van der Waals surface area contributed by atoms with Gasteiger partial charge in [0.2, 0.25) is 11.8 Å². The molecule has 1 aliphatic rings. The van der Waals surface area contributed by atoms with E-state index in [4.69, 9.17) is 16.3 Å². The third-order valence-electron chi connectivity index (χ3n) is 7.21. The largest absolute Gasteiger partial charge is 0.494 e. The number of nitrogens with one attached hydrogen (secondary N) is 1. The van der Waals surface area contributed by atoms with Crippen molar-refractivity contribution in [2.75, 3.05) is 17.5 Å². The van der Waals surface area contributed by atoms with Gasteiger partial charge in [0, 0.05) is 17.6 Å². The first-order valence-corrected chi connectivity index (χ1v) is 15.7. The lowest BCUT2D eigenvalue weighted by Crippen LogP contribution is -2.52. The lowest BCUT2D eigenvalue weighted by Gasteiger charge is -2.32. The zero-order valence-electron chi connectivity index (χ0n) is 23.3. The fourth-order valence-corrected chi connectivity index (χ4v) is 6.54. The van der Waals surface area contributed by atoms with Gasteiger partial charge in [0.25, 0.3) is 10.0 Å². The molecule has 0 radical (unpaired) electrons. The van der Waals surface area contributed by atoms with Crippen LogP contribution in [-0.2, 0) is 26.2 Å². The van der Waals surface area contributed by atoms with Crippen LogP contribution in [0.2, 0.25) is 5.02 Å². The van der Waals surface area contributed by atoms with Crippen LogP contribution in [0.15, 0.2) is 83.8 Å². The lowest BCUT2D eigenvalue weighted by atomic mass is 10.1. The average Bonchev–Trinajstić information content (AvgIpc) is 3.49. The summed E-state index contributed by atoms with van der Waals surface area (Å²) >= 11 is 6.43. The molecule has 1 atom stereocenters. The van der Waals surface area contributed by atoms with E-state index in [0.717, 1.165) is 30.0 Å². The quantitative estimate of drug-likeness (QED) is 0.301. The Kier molecular flexibility index (Phi) is 10.3. The summed E-state index contributed by atoms with van der Waals surface area (Å²) in [6.45, 7) is 3.50. The van der Waals surface area contributed by atoms with E-state index in [9.17, 15) is 18.0 Å². The van der Waals surface area contributed by atoms with E-state index in [0.29, 0.717) is 28.6 Å². The summed E-state index contributed by atoms with van der Waals surface area (Å²) in [6, 6.07) is 20.8. The van der Waals surface area contributed by atoms with E-state index >= 15 is 0 Å². The Labute approximate surface area is 247 Å². The van der Waals surface area contributed by atoms with Crippen LogP contribution in [0.25, 0.3) is 0 Å². The van der Waals surface area contributed by atoms with E-state index in [-0.39, 0.29) is 23.4 Å². The van der Waals surface area contributed by atoms with Crippen LogP contribution in [0, 0.1) is 0 Å². The van der Waals surface area contributed by atoms with Crippen LogP contribution in [0.4, 0.5) is 5.69 Å². The van der Waals surface area contributed by atoms with Crippen molar-refractivity contribution >= 4 is 39.1 Å². The van der Waals surface area contributed by atoms with Gasteiger partial charge < -0.3 is 15.0 Å². The number of hydrogen-bond acceptors (Lipinski definition) is 5. The molecule has 218 valence electrons. The minimum atomic E-state index is -4.14. The zero-order valence-corrected chi connectivity index (χ0v) is 24.9. The second kappa shape index (κ2) is 13.9. The predicted octanol–water partition coefficient (Wildman–Crippen LogP) is 5.41. The van der Waals surface area contributed by atoms with Gasteiger partial charge in [-0.1, -0.05) is 60.8 Å². The molecule has 10 heteroatoms. The molecule has 1 fully saturated rings. The summed E-state index contributed by atoms with van der Waals surface area (Å²) in [4.78, 5) is 28.8. The van der Waals surface area contributed by atoms with E-state index in [1.165, 1.54) is 17.0 Å². The van der Waals surface area contributed by atoms with Crippen molar-refractivity contribution in [1.29, 1.82) is 0 Å². The van der Waals surface area contributed by atoms with Gasteiger partial charge >= 0.3 is 0 Å². The summed E-state index contributed by atoms with van der Waals surface area (Å²) in [5.74, 6) is -0.236. The highest BCUT2D eigenvalue weighted by atomic mass is 35.5. The Hall–Kier alpha value is -3.56. The molecule has 0 bridgehead atoms. The van der Waals surface area contributed by atoms with Crippen molar-refractivity contribution in [3.8, 4) is 5.75 Å². The first kappa shape index (κ1) is 30.4. The molecule has 0 saturated heterocycles. The zero-order chi connectivity index (χ0) is 29.4. The number of benzene rings is 3. The molecule has 3 aromatic rings. The number of anilines is 1. The minimum Gasteiger partial charge on any atom is -0.494 e. The third-order valence-corrected chi connectivity index (χ3v) is 9.37.